The summed E-state index contributed by atoms with van der Waals surface area (Å²) in [6.07, 6.45) is -1.53. The van der Waals surface area contributed by atoms with Crippen LogP contribution in [0.1, 0.15) is 25.7 Å². The third-order valence-electron chi connectivity index (χ3n) is 2.63. The second-order valence-electron chi connectivity index (χ2n) is 8.01. The first-order chi connectivity index (χ1) is 13.4. The number of aliphatic hydroxyl groups excluding tert-OH is 2. The van der Waals surface area contributed by atoms with Crippen molar-refractivity contribution in [1.29, 1.82) is 0 Å². The van der Waals surface area contributed by atoms with E-state index in [1.165, 1.54) is 0 Å². The molecule has 30 heavy (non-hydrogen) atoms. The monoisotopic (exact) mass is 442 g/mol. The number of aliphatic carboxylic acids is 4. The summed E-state index contributed by atoms with van der Waals surface area (Å²) < 4.78 is 1.69. The predicted octanol–water partition coefficient (Wildman–Crippen LogP) is -3.43. The van der Waals surface area contributed by atoms with Crippen LogP contribution < -0.4 is 10.2 Å². The predicted molar refractivity (Wildman–Crippen MR) is 104 cm³/mol. The summed E-state index contributed by atoms with van der Waals surface area (Å²) in [4.78, 5) is 38.3. The van der Waals surface area contributed by atoms with E-state index in [1.807, 2.05) is 0 Å². The summed E-state index contributed by atoms with van der Waals surface area (Å²) in [6, 6.07) is 0. The van der Waals surface area contributed by atoms with Gasteiger partial charge in [0.1, 0.15) is 13.1 Å². The van der Waals surface area contributed by atoms with Gasteiger partial charge in [-0.15, -0.1) is 0 Å². The number of hydrogen-bond acceptors (Lipinski definition) is 8. The minimum absolute atomic E-state index is 0.281. The number of carboxylic acid groups (broad SMARTS) is 4. The van der Waals surface area contributed by atoms with Crippen molar-refractivity contribution in [2.45, 2.75) is 25.7 Å². The molecular formula is C18H38N2O10. The molecule has 0 aliphatic carbocycles. The van der Waals surface area contributed by atoms with E-state index in [9.17, 15) is 29.4 Å². The Morgan fingerprint density at radius 3 is 0.867 bits per heavy atom. The van der Waals surface area contributed by atoms with Gasteiger partial charge in [0.15, 0.2) is 0 Å². The fourth-order valence-corrected chi connectivity index (χ4v) is 1.02. The minimum atomic E-state index is -1.33. The first-order valence-electron chi connectivity index (χ1n) is 9.03. The van der Waals surface area contributed by atoms with E-state index in [2.05, 4.69) is 42.3 Å². The molecule has 0 saturated heterocycles. The molecule has 0 saturated carbocycles. The van der Waals surface area contributed by atoms with Gasteiger partial charge in [-0.1, -0.05) is 0 Å². The van der Waals surface area contributed by atoms with Gasteiger partial charge in [-0.25, -0.2) is 0 Å². The fraction of sp³-hybridized carbons (Fsp3) is 0.778. The number of likely N-dealkylation sites (N-methyl/N-ethyl adjacent to an activating group) is 2. The van der Waals surface area contributed by atoms with Gasteiger partial charge in [0.25, 0.3) is 0 Å². The fourth-order valence-electron chi connectivity index (χ4n) is 1.02. The van der Waals surface area contributed by atoms with E-state index < -0.39 is 36.7 Å². The van der Waals surface area contributed by atoms with Gasteiger partial charge in [-0.2, -0.15) is 0 Å². The van der Waals surface area contributed by atoms with E-state index in [4.69, 9.17) is 20.4 Å². The van der Waals surface area contributed by atoms with Gasteiger partial charge in [-0.3, -0.25) is 9.59 Å². The highest BCUT2D eigenvalue weighted by Crippen LogP contribution is 1.86. The largest absolute Gasteiger partial charge is 0.550 e. The van der Waals surface area contributed by atoms with Crippen molar-refractivity contribution in [3.63, 3.8) is 0 Å². The molecule has 0 aromatic carbocycles. The van der Waals surface area contributed by atoms with Crippen molar-refractivity contribution in [3.05, 3.63) is 0 Å². The molecule has 0 radical (unpaired) electrons. The molecule has 0 heterocycles. The molecule has 12 nitrogen and oxygen atoms in total. The zero-order valence-corrected chi connectivity index (χ0v) is 18.8. The number of quaternary nitrogens is 2. The molecule has 0 aliphatic rings. The Balaban J connectivity index is -0.000000151. The third-order valence-corrected chi connectivity index (χ3v) is 2.63. The summed E-state index contributed by atoms with van der Waals surface area (Å²) >= 11 is 0. The van der Waals surface area contributed by atoms with Crippen molar-refractivity contribution in [3.8, 4) is 0 Å². The van der Waals surface area contributed by atoms with Crippen LogP contribution in [0.3, 0.4) is 0 Å². The molecule has 0 aliphatic heterocycles. The van der Waals surface area contributed by atoms with Crippen molar-refractivity contribution < 1.29 is 58.8 Å². The molecule has 0 atom stereocenters. The Kier molecular flexibility index (Phi) is 23.5. The molecule has 0 bridgehead atoms. The Bertz CT molecular complexity index is 410. The second-order valence-corrected chi connectivity index (χ2v) is 8.01. The maximum Gasteiger partial charge on any atom is 0.303 e. The molecule has 0 unspecified atom stereocenters. The summed E-state index contributed by atoms with van der Waals surface area (Å²) in [7, 11) is 12.3. The molecule has 4 N–H and O–H groups in total. The molecule has 0 aromatic rings. The smallest absolute Gasteiger partial charge is 0.303 e. The summed E-state index contributed by atoms with van der Waals surface area (Å²) in [6.45, 7) is 2.23. The van der Waals surface area contributed by atoms with E-state index in [0.717, 1.165) is 22.1 Å². The van der Waals surface area contributed by atoms with Crippen LogP contribution in [0.25, 0.3) is 0 Å². The highest BCUT2D eigenvalue weighted by Gasteiger charge is 2.02. The SMILES string of the molecule is C[N+](C)(C)CCO.C[N+](C)(C)CCO.O=C([O-])CCC(=O)O.O=C([O-])CCC(=O)O. The number of nitrogens with zero attached hydrogens (tertiary/aromatic N) is 2. The lowest BCUT2D eigenvalue weighted by atomic mass is 10.3. The van der Waals surface area contributed by atoms with Crippen molar-refractivity contribution in [2.24, 2.45) is 0 Å². The van der Waals surface area contributed by atoms with Crippen LogP contribution in [-0.4, -0.2) is 122 Å². The van der Waals surface area contributed by atoms with E-state index in [-0.39, 0.29) is 26.1 Å². The average Bonchev–Trinajstić information content (AvgIpc) is 2.50. The van der Waals surface area contributed by atoms with Gasteiger partial charge in [0.05, 0.1) is 68.3 Å². The third kappa shape index (κ3) is 63.6. The lowest BCUT2D eigenvalue weighted by Gasteiger charge is -2.21. The highest BCUT2D eigenvalue weighted by atomic mass is 16.4. The second kappa shape index (κ2) is 20.0. The molecular weight excluding hydrogens is 404 g/mol. The topological polar surface area (TPSA) is 195 Å². The highest BCUT2D eigenvalue weighted by molar-refractivity contribution is 5.74. The van der Waals surface area contributed by atoms with E-state index >= 15 is 0 Å². The van der Waals surface area contributed by atoms with Gasteiger partial charge >= 0.3 is 11.9 Å². The Hall–Kier alpha value is -2.28. The number of rotatable bonds is 10. The van der Waals surface area contributed by atoms with Crippen LogP contribution in [-0.2, 0) is 19.2 Å². The average molecular weight is 443 g/mol. The number of carbonyl (C=O) groups excluding carboxylic acids is 2. The number of aliphatic hydroxyl groups is 2. The minimum Gasteiger partial charge on any atom is -0.550 e. The van der Waals surface area contributed by atoms with Crippen LogP contribution in [0.15, 0.2) is 0 Å². The maximum atomic E-state index is 9.61. The first-order valence-corrected chi connectivity index (χ1v) is 9.03. The number of carbonyl (C=O) groups is 4. The van der Waals surface area contributed by atoms with E-state index in [0.29, 0.717) is 0 Å². The standard InChI is InChI=1S/2C5H14NO.2C4H6O4/c2*1-6(2,3)4-5-7;2*5-3(6)1-2-4(7)8/h2*7H,4-5H2,1-3H3;2*1-2H2,(H,5,6)(H,7,8)/q2*+1;;/p-2. The summed E-state index contributed by atoms with van der Waals surface area (Å²) in [5, 5.41) is 51.6. The molecule has 0 fully saturated rings. The van der Waals surface area contributed by atoms with E-state index in [1.54, 1.807) is 0 Å². The zero-order valence-electron chi connectivity index (χ0n) is 18.8. The lowest BCUT2D eigenvalue weighted by molar-refractivity contribution is -0.870. The first kappa shape index (κ1) is 35.2. The molecule has 0 aromatic heterocycles. The lowest BCUT2D eigenvalue weighted by Crippen LogP contribution is -2.36. The van der Waals surface area contributed by atoms with Gasteiger partial charge in [0, 0.05) is 11.9 Å². The Morgan fingerprint density at radius 1 is 0.600 bits per heavy atom. The van der Waals surface area contributed by atoms with Crippen LogP contribution in [0, 0.1) is 0 Å². The molecule has 180 valence electrons. The summed E-state index contributed by atoms with van der Waals surface area (Å²) in [5.74, 6) is -4.89. The van der Waals surface area contributed by atoms with Gasteiger partial charge in [0.2, 0.25) is 0 Å². The van der Waals surface area contributed by atoms with Gasteiger partial charge < -0.3 is 49.2 Å². The van der Waals surface area contributed by atoms with Crippen molar-refractivity contribution in [1.82, 2.24) is 0 Å². The summed E-state index contributed by atoms with van der Waals surface area (Å²) in [5.41, 5.74) is 0. The van der Waals surface area contributed by atoms with Crippen LogP contribution in [0.4, 0.5) is 0 Å². The van der Waals surface area contributed by atoms with Gasteiger partial charge in [-0.05, 0) is 12.8 Å². The molecule has 12 heteroatoms. The Labute approximate surface area is 177 Å². The zero-order chi connectivity index (χ0) is 25.0. The number of carboxylic acids is 4. The van der Waals surface area contributed by atoms with Crippen LogP contribution in [0.5, 0.6) is 0 Å². The number of hydrogen-bond donors (Lipinski definition) is 4. The molecule has 0 rings (SSSR count). The molecule has 0 amide bonds. The van der Waals surface area contributed by atoms with Crippen molar-refractivity contribution >= 4 is 23.9 Å². The quantitative estimate of drug-likeness (QED) is 0.247. The molecule has 0 spiro atoms. The Morgan fingerprint density at radius 2 is 0.833 bits per heavy atom. The van der Waals surface area contributed by atoms with Crippen LogP contribution in [0.2, 0.25) is 0 Å². The normalized spacial score (nSPS) is 10.1. The van der Waals surface area contributed by atoms with Crippen LogP contribution >= 0.6 is 0 Å². The van der Waals surface area contributed by atoms with Crippen molar-refractivity contribution in [2.75, 3.05) is 68.6 Å². The maximum absolute atomic E-state index is 9.61.